The Morgan fingerprint density at radius 1 is 1.00 bits per heavy atom. The molecule has 0 atom stereocenters. The number of amides is 1. The zero-order valence-corrected chi connectivity index (χ0v) is 13.2. The summed E-state index contributed by atoms with van der Waals surface area (Å²) in [6, 6.07) is 22.4. The van der Waals surface area contributed by atoms with E-state index in [0.717, 1.165) is 29.9 Å². The lowest BCUT2D eigenvalue weighted by molar-refractivity contribution is 0.0999. The Labute approximate surface area is 136 Å². The molecule has 0 saturated heterocycles. The van der Waals surface area contributed by atoms with Gasteiger partial charge < -0.3 is 10.3 Å². The van der Waals surface area contributed by atoms with Gasteiger partial charge in [0.2, 0.25) is 0 Å². The number of carbonyl (C=O) groups is 1. The average Bonchev–Trinajstić information content (AvgIpc) is 2.91. The van der Waals surface area contributed by atoms with Crippen LogP contribution < -0.4 is 5.73 Å². The number of primary amides is 1. The molecule has 0 bridgehead atoms. The number of aromatic nitrogens is 1. The van der Waals surface area contributed by atoms with Gasteiger partial charge in [0.25, 0.3) is 5.91 Å². The van der Waals surface area contributed by atoms with Crippen LogP contribution in [0, 0.1) is 6.92 Å². The number of hydrogen-bond donors (Lipinski definition) is 1. The van der Waals surface area contributed by atoms with Crippen LogP contribution in [0.1, 0.15) is 21.6 Å². The third-order valence-electron chi connectivity index (χ3n) is 4.17. The topological polar surface area (TPSA) is 48.0 Å². The first-order valence-corrected chi connectivity index (χ1v) is 7.76. The molecule has 3 aromatic rings. The van der Waals surface area contributed by atoms with Crippen LogP contribution in [0.25, 0.3) is 11.3 Å². The molecule has 23 heavy (non-hydrogen) atoms. The van der Waals surface area contributed by atoms with E-state index < -0.39 is 0 Å². The number of benzene rings is 2. The molecule has 0 unspecified atom stereocenters. The van der Waals surface area contributed by atoms with Gasteiger partial charge in [0.1, 0.15) is 0 Å². The number of rotatable bonds is 5. The quantitative estimate of drug-likeness (QED) is 0.765. The molecule has 0 fully saturated rings. The molecule has 2 N–H and O–H groups in total. The van der Waals surface area contributed by atoms with Crippen molar-refractivity contribution in [1.82, 2.24) is 4.57 Å². The molecule has 0 aliphatic carbocycles. The first kappa shape index (κ1) is 15.1. The molecule has 0 spiro atoms. The zero-order chi connectivity index (χ0) is 16.2. The average molecular weight is 304 g/mol. The Hall–Kier alpha value is -2.81. The summed E-state index contributed by atoms with van der Waals surface area (Å²) in [4.78, 5) is 11.7. The van der Waals surface area contributed by atoms with Crippen LogP contribution >= 0.6 is 0 Å². The summed E-state index contributed by atoms with van der Waals surface area (Å²) >= 11 is 0. The highest BCUT2D eigenvalue weighted by Crippen LogP contribution is 2.26. The second-order valence-electron chi connectivity index (χ2n) is 5.65. The van der Waals surface area contributed by atoms with Gasteiger partial charge >= 0.3 is 0 Å². The van der Waals surface area contributed by atoms with E-state index >= 15 is 0 Å². The standard InChI is InChI=1S/C20H20N2O/c1-15-18(20(21)23)14-19(17-10-6-3-7-11-17)22(15)13-12-16-8-4-2-5-9-16/h2-11,14H,12-13H2,1H3,(H2,21,23). The highest BCUT2D eigenvalue weighted by Gasteiger charge is 2.16. The molecular formula is C20H20N2O. The van der Waals surface area contributed by atoms with E-state index in [9.17, 15) is 4.79 Å². The van der Waals surface area contributed by atoms with Crippen molar-refractivity contribution in [3.63, 3.8) is 0 Å². The smallest absolute Gasteiger partial charge is 0.250 e. The highest BCUT2D eigenvalue weighted by molar-refractivity contribution is 5.95. The van der Waals surface area contributed by atoms with E-state index in [1.807, 2.05) is 49.4 Å². The maximum atomic E-state index is 11.7. The molecule has 3 rings (SSSR count). The number of carbonyl (C=O) groups excluding carboxylic acids is 1. The lowest BCUT2D eigenvalue weighted by Gasteiger charge is -2.12. The fourth-order valence-electron chi connectivity index (χ4n) is 2.92. The van der Waals surface area contributed by atoms with E-state index in [4.69, 9.17) is 5.73 Å². The van der Waals surface area contributed by atoms with Crippen molar-refractivity contribution >= 4 is 5.91 Å². The van der Waals surface area contributed by atoms with Crippen LogP contribution in [-0.4, -0.2) is 10.5 Å². The molecule has 0 aliphatic rings. The van der Waals surface area contributed by atoms with Gasteiger partial charge in [-0.25, -0.2) is 0 Å². The molecule has 0 saturated carbocycles. The lowest BCUT2D eigenvalue weighted by atomic mass is 10.1. The molecule has 1 heterocycles. The van der Waals surface area contributed by atoms with Gasteiger partial charge in [0.15, 0.2) is 0 Å². The van der Waals surface area contributed by atoms with Gasteiger partial charge in [0.05, 0.1) is 5.56 Å². The van der Waals surface area contributed by atoms with Gasteiger partial charge in [-0.05, 0) is 30.5 Å². The fourth-order valence-corrected chi connectivity index (χ4v) is 2.92. The van der Waals surface area contributed by atoms with Gasteiger partial charge in [-0.1, -0.05) is 60.7 Å². The van der Waals surface area contributed by atoms with Crippen LogP contribution in [0.3, 0.4) is 0 Å². The molecule has 0 aliphatic heterocycles. The summed E-state index contributed by atoms with van der Waals surface area (Å²) in [7, 11) is 0. The Balaban J connectivity index is 1.98. The lowest BCUT2D eigenvalue weighted by Crippen LogP contribution is -2.13. The highest BCUT2D eigenvalue weighted by atomic mass is 16.1. The molecule has 2 aromatic carbocycles. The molecule has 0 radical (unpaired) electrons. The van der Waals surface area contributed by atoms with E-state index in [0.29, 0.717) is 5.56 Å². The molecule has 3 heteroatoms. The van der Waals surface area contributed by atoms with Crippen LogP contribution in [0.4, 0.5) is 0 Å². The molecule has 1 aromatic heterocycles. The summed E-state index contributed by atoms with van der Waals surface area (Å²) < 4.78 is 2.18. The molecule has 1 amide bonds. The van der Waals surface area contributed by atoms with Crippen molar-refractivity contribution in [3.8, 4) is 11.3 Å². The van der Waals surface area contributed by atoms with Crippen molar-refractivity contribution in [2.75, 3.05) is 0 Å². The first-order chi connectivity index (χ1) is 11.2. The summed E-state index contributed by atoms with van der Waals surface area (Å²) in [5, 5.41) is 0. The van der Waals surface area contributed by atoms with E-state index in [1.165, 1.54) is 5.56 Å². The maximum Gasteiger partial charge on any atom is 0.250 e. The van der Waals surface area contributed by atoms with E-state index in [2.05, 4.69) is 28.8 Å². The largest absolute Gasteiger partial charge is 0.366 e. The van der Waals surface area contributed by atoms with Crippen molar-refractivity contribution < 1.29 is 4.79 Å². The number of nitrogens with zero attached hydrogens (tertiary/aromatic N) is 1. The summed E-state index contributed by atoms with van der Waals surface area (Å²) in [6.45, 7) is 2.77. The minimum absolute atomic E-state index is 0.377. The minimum Gasteiger partial charge on any atom is -0.366 e. The third-order valence-corrected chi connectivity index (χ3v) is 4.17. The summed E-state index contributed by atoms with van der Waals surface area (Å²) in [5.41, 5.74) is 10.5. The first-order valence-electron chi connectivity index (χ1n) is 7.76. The normalized spacial score (nSPS) is 10.7. The maximum absolute atomic E-state index is 11.7. The van der Waals surface area contributed by atoms with Crippen molar-refractivity contribution in [1.29, 1.82) is 0 Å². The Morgan fingerprint density at radius 2 is 1.61 bits per heavy atom. The zero-order valence-electron chi connectivity index (χ0n) is 13.2. The van der Waals surface area contributed by atoms with E-state index in [-0.39, 0.29) is 5.91 Å². The molecular weight excluding hydrogens is 284 g/mol. The number of hydrogen-bond acceptors (Lipinski definition) is 1. The second-order valence-corrected chi connectivity index (χ2v) is 5.65. The Bertz CT molecular complexity index is 804. The predicted octanol–water partition coefficient (Wildman–Crippen LogP) is 3.81. The molecule has 3 nitrogen and oxygen atoms in total. The van der Waals surface area contributed by atoms with Crippen LogP contribution in [0.2, 0.25) is 0 Å². The summed E-state index contributed by atoms with van der Waals surface area (Å²) in [6.07, 6.45) is 0.911. The predicted molar refractivity (Wildman–Crippen MR) is 93.3 cm³/mol. The number of nitrogens with two attached hydrogens (primary N) is 1. The molecule has 116 valence electrons. The van der Waals surface area contributed by atoms with Gasteiger partial charge in [-0.2, -0.15) is 0 Å². The SMILES string of the molecule is Cc1c(C(N)=O)cc(-c2ccccc2)n1CCc1ccccc1. The Kier molecular flexibility index (Phi) is 4.29. The second kappa shape index (κ2) is 6.53. The third kappa shape index (κ3) is 3.19. The van der Waals surface area contributed by atoms with Crippen molar-refractivity contribution in [3.05, 3.63) is 83.6 Å². The van der Waals surface area contributed by atoms with Crippen molar-refractivity contribution in [2.45, 2.75) is 19.9 Å². The van der Waals surface area contributed by atoms with Gasteiger partial charge in [0, 0.05) is 17.9 Å². The summed E-state index contributed by atoms with van der Waals surface area (Å²) in [5.74, 6) is -0.377. The number of aryl methyl sites for hydroxylation is 1. The monoisotopic (exact) mass is 304 g/mol. The van der Waals surface area contributed by atoms with Crippen LogP contribution in [-0.2, 0) is 13.0 Å². The van der Waals surface area contributed by atoms with Crippen LogP contribution in [0.15, 0.2) is 66.7 Å². The Morgan fingerprint density at radius 3 is 2.22 bits per heavy atom. The van der Waals surface area contributed by atoms with E-state index in [1.54, 1.807) is 0 Å². The van der Waals surface area contributed by atoms with Crippen molar-refractivity contribution in [2.24, 2.45) is 5.73 Å². The fraction of sp³-hybridized carbons (Fsp3) is 0.150. The minimum atomic E-state index is -0.377. The van der Waals surface area contributed by atoms with Gasteiger partial charge in [-0.3, -0.25) is 4.79 Å². The van der Waals surface area contributed by atoms with Gasteiger partial charge in [-0.15, -0.1) is 0 Å². The van der Waals surface area contributed by atoms with Crippen LogP contribution in [0.5, 0.6) is 0 Å².